The van der Waals surface area contributed by atoms with Crippen molar-refractivity contribution in [3.63, 3.8) is 0 Å². The summed E-state index contributed by atoms with van der Waals surface area (Å²) in [5.41, 5.74) is 2.16. The lowest BCUT2D eigenvalue weighted by Crippen LogP contribution is -2.12. The van der Waals surface area contributed by atoms with E-state index in [0.717, 1.165) is 17.1 Å². The predicted molar refractivity (Wildman–Crippen MR) is 103 cm³/mol. The molecule has 0 atom stereocenters. The molecule has 0 fully saturated rings. The second-order valence-electron chi connectivity index (χ2n) is 5.76. The van der Waals surface area contributed by atoms with Crippen molar-refractivity contribution >= 4 is 12.2 Å². The van der Waals surface area contributed by atoms with Gasteiger partial charge in [-0.3, -0.25) is 0 Å². The summed E-state index contributed by atoms with van der Waals surface area (Å²) in [6, 6.07) is 15.6. The first-order chi connectivity index (χ1) is 13.3. The number of H-pyrrole nitrogens is 1. The van der Waals surface area contributed by atoms with E-state index >= 15 is 0 Å². The van der Waals surface area contributed by atoms with Gasteiger partial charge in [-0.05, 0) is 48.9 Å². The molecule has 0 bridgehead atoms. The first-order valence-electron chi connectivity index (χ1n) is 8.69. The second kappa shape index (κ2) is 10.1. The summed E-state index contributed by atoms with van der Waals surface area (Å²) < 4.78 is 16.8. The average Bonchev–Trinajstić information content (AvgIpc) is 3.22. The Labute approximate surface area is 158 Å². The number of nitrogens with one attached hydrogen (secondary N) is 1. The molecule has 2 aromatic carbocycles. The highest BCUT2D eigenvalue weighted by Crippen LogP contribution is 2.12. The Hall–Kier alpha value is -3.19. The third kappa shape index (κ3) is 6.56. The van der Waals surface area contributed by atoms with Crippen LogP contribution in [0.1, 0.15) is 11.1 Å². The van der Waals surface area contributed by atoms with Crippen LogP contribution in [0.5, 0.6) is 11.5 Å². The number of hydrogen-bond acceptors (Lipinski definition) is 6. The number of ether oxygens (including phenoxy) is 3. The van der Waals surface area contributed by atoms with Crippen molar-refractivity contribution in [1.29, 1.82) is 0 Å². The number of aromatic nitrogens is 3. The lowest BCUT2D eigenvalue weighted by atomic mass is 10.2. The Morgan fingerprint density at radius 1 is 0.889 bits per heavy atom. The van der Waals surface area contributed by atoms with E-state index in [4.69, 9.17) is 14.2 Å². The van der Waals surface area contributed by atoms with Gasteiger partial charge in [0, 0.05) is 6.21 Å². The molecule has 0 unspecified atom stereocenters. The van der Waals surface area contributed by atoms with Crippen molar-refractivity contribution in [3.05, 3.63) is 66.0 Å². The predicted octanol–water partition coefficient (Wildman–Crippen LogP) is 3.34. The molecule has 0 saturated carbocycles. The van der Waals surface area contributed by atoms with Crippen molar-refractivity contribution in [3.8, 4) is 11.5 Å². The largest absolute Gasteiger partial charge is 0.491 e. The van der Waals surface area contributed by atoms with Gasteiger partial charge >= 0.3 is 0 Å². The smallest absolute Gasteiger partial charge is 0.245 e. The highest BCUT2D eigenvalue weighted by molar-refractivity contribution is 5.81. The second-order valence-corrected chi connectivity index (χ2v) is 5.76. The molecule has 1 N–H and O–H groups in total. The van der Waals surface area contributed by atoms with Gasteiger partial charge in [0.2, 0.25) is 5.95 Å². The number of hydrogen-bond donors (Lipinski definition) is 1. The van der Waals surface area contributed by atoms with E-state index in [-0.39, 0.29) is 0 Å². The third-order valence-electron chi connectivity index (χ3n) is 3.63. The van der Waals surface area contributed by atoms with E-state index in [0.29, 0.717) is 32.4 Å². The maximum absolute atomic E-state index is 5.65. The molecule has 1 aromatic heterocycles. The van der Waals surface area contributed by atoms with Crippen LogP contribution in [0.25, 0.3) is 0 Å². The highest BCUT2D eigenvalue weighted by Gasteiger charge is 1.97. The van der Waals surface area contributed by atoms with Crippen LogP contribution in [-0.2, 0) is 4.74 Å². The zero-order chi connectivity index (χ0) is 18.7. The van der Waals surface area contributed by atoms with Gasteiger partial charge in [-0.1, -0.05) is 17.7 Å². The van der Waals surface area contributed by atoms with E-state index in [1.54, 1.807) is 6.21 Å². The van der Waals surface area contributed by atoms with Crippen LogP contribution >= 0.6 is 0 Å². The Kier molecular flexibility index (Phi) is 6.94. The first-order valence-corrected chi connectivity index (χ1v) is 8.69. The van der Waals surface area contributed by atoms with Gasteiger partial charge in [-0.2, -0.15) is 10.1 Å². The Bertz CT molecular complexity index is 815. The van der Waals surface area contributed by atoms with Gasteiger partial charge in [0.1, 0.15) is 31.0 Å². The molecule has 3 rings (SSSR count). The van der Waals surface area contributed by atoms with Crippen molar-refractivity contribution in [1.82, 2.24) is 15.2 Å². The Balaban J connectivity index is 1.28. The van der Waals surface area contributed by atoms with E-state index in [2.05, 4.69) is 20.2 Å². The fourth-order valence-electron chi connectivity index (χ4n) is 2.22. The molecular weight excluding hydrogens is 344 g/mol. The van der Waals surface area contributed by atoms with Crippen LogP contribution in [0.15, 0.2) is 59.9 Å². The molecule has 1 heterocycles. The SMILES string of the molecule is Cc1ccc(OCCOCCOc2ccc(C=Nc3ncn[nH]3)cc2)cc1. The fourth-order valence-corrected chi connectivity index (χ4v) is 2.22. The summed E-state index contributed by atoms with van der Waals surface area (Å²) in [7, 11) is 0. The van der Waals surface area contributed by atoms with Gasteiger partial charge < -0.3 is 14.2 Å². The molecule has 0 saturated heterocycles. The molecule has 0 aliphatic rings. The van der Waals surface area contributed by atoms with Gasteiger partial charge in [0.15, 0.2) is 0 Å². The van der Waals surface area contributed by atoms with E-state index < -0.39 is 0 Å². The highest BCUT2D eigenvalue weighted by atomic mass is 16.5. The summed E-state index contributed by atoms with van der Waals surface area (Å²) >= 11 is 0. The number of nitrogens with zero attached hydrogens (tertiary/aromatic N) is 3. The molecule has 0 aliphatic carbocycles. The molecule has 0 aliphatic heterocycles. The van der Waals surface area contributed by atoms with Crippen LogP contribution in [0.2, 0.25) is 0 Å². The van der Waals surface area contributed by atoms with Gasteiger partial charge in [0.25, 0.3) is 0 Å². The zero-order valence-corrected chi connectivity index (χ0v) is 15.2. The van der Waals surface area contributed by atoms with Gasteiger partial charge in [-0.25, -0.2) is 10.1 Å². The van der Waals surface area contributed by atoms with Crippen LogP contribution < -0.4 is 9.47 Å². The quantitative estimate of drug-likeness (QED) is 0.440. The fraction of sp³-hybridized carbons (Fsp3) is 0.250. The zero-order valence-electron chi connectivity index (χ0n) is 15.2. The minimum Gasteiger partial charge on any atom is -0.491 e. The lowest BCUT2D eigenvalue weighted by molar-refractivity contribution is 0.0764. The molecule has 3 aromatic rings. The van der Waals surface area contributed by atoms with E-state index in [1.807, 2.05) is 55.5 Å². The van der Waals surface area contributed by atoms with Crippen LogP contribution in [0.3, 0.4) is 0 Å². The van der Waals surface area contributed by atoms with Crippen molar-refractivity contribution in [2.45, 2.75) is 6.92 Å². The van der Waals surface area contributed by atoms with Gasteiger partial charge in [-0.15, -0.1) is 0 Å². The number of aliphatic imine (C=N–C) groups is 1. The van der Waals surface area contributed by atoms with E-state index in [1.165, 1.54) is 11.9 Å². The van der Waals surface area contributed by atoms with Crippen LogP contribution in [0, 0.1) is 6.92 Å². The van der Waals surface area contributed by atoms with E-state index in [9.17, 15) is 0 Å². The maximum atomic E-state index is 5.65. The minimum atomic E-state index is 0.471. The molecule has 0 spiro atoms. The number of aryl methyl sites for hydroxylation is 1. The molecule has 0 radical (unpaired) electrons. The maximum Gasteiger partial charge on any atom is 0.245 e. The normalized spacial score (nSPS) is 11.0. The lowest BCUT2D eigenvalue weighted by Gasteiger charge is -2.09. The van der Waals surface area contributed by atoms with Crippen molar-refractivity contribution in [2.24, 2.45) is 4.99 Å². The summed E-state index contributed by atoms with van der Waals surface area (Å²) in [6.45, 7) is 4.07. The third-order valence-corrected chi connectivity index (χ3v) is 3.63. The molecule has 7 nitrogen and oxygen atoms in total. The van der Waals surface area contributed by atoms with Crippen LogP contribution in [0.4, 0.5) is 5.95 Å². The number of aromatic amines is 1. The molecule has 27 heavy (non-hydrogen) atoms. The van der Waals surface area contributed by atoms with Crippen LogP contribution in [-0.4, -0.2) is 47.8 Å². The topological polar surface area (TPSA) is 81.6 Å². The summed E-state index contributed by atoms with van der Waals surface area (Å²) in [5.74, 6) is 2.11. The molecule has 140 valence electrons. The molecule has 0 amide bonds. The monoisotopic (exact) mass is 366 g/mol. The molecule has 7 heteroatoms. The summed E-state index contributed by atoms with van der Waals surface area (Å²) in [5, 5.41) is 6.41. The van der Waals surface area contributed by atoms with Gasteiger partial charge in [0.05, 0.1) is 13.2 Å². The summed E-state index contributed by atoms with van der Waals surface area (Å²) in [4.78, 5) is 8.10. The number of benzene rings is 2. The average molecular weight is 366 g/mol. The van der Waals surface area contributed by atoms with Crippen molar-refractivity contribution in [2.75, 3.05) is 26.4 Å². The molecular formula is C20H22N4O3. The standard InChI is InChI=1S/C20H22N4O3/c1-16-2-6-18(7-3-16)26-12-10-25-11-13-27-19-8-4-17(5-9-19)14-21-20-22-15-23-24-20/h2-9,14-15H,10-13H2,1H3,(H,22,23,24). The Morgan fingerprint density at radius 3 is 2.11 bits per heavy atom. The van der Waals surface area contributed by atoms with Crippen molar-refractivity contribution < 1.29 is 14.2 Å². The Morgan fingerprint density at radius 2 is 1.52 bits per heavy atom. The minimum absolute atomic E-state index is 0.471. The summed E-state index contributed by atoms with van der Waals surface area (Å²) in [6.07, 6.45) is 3.13. The number of rotatable bonds is 10. The first kappa shape index (κ1) is 18.6.